The Hall–Kier alpha value is -3.50. The molecule has 0 saturated heterocycles. The van der Waals surface area contributed by atoms with Gasteiger partial charge in [-0.3, -0.25) is 4.79 Å². The molecule has 0 bridgehead atoms. The Bertz CT molecular complexity index is 964. The molecule has 0 fully saturated rings. The second-order valence-corrected chi connectivity index (χ2v) is 6.58. The Morgan fingerprint density at radius 3 is 2.77 bits per heavy atom. The first-order chi connectivity index (χ1) is 14.3. The van der Waals surface area contributed by atoms with E-state index in [-0.39, 0.29) is 12.1 Å². The first kappa shape index (κ1) is 21.2. The zero-order valence-electron chi connectivity index (χ0n) is 16.3. The average Bonchev–Trinajstić information content (AvgIpc) is 3.22. The second kappa shape index (κ2) is 8.89. The molecule has 1 aliphatic rings. The minimum absolute atomic E-state index is 0.0826. The van der Waals surface area contributed by atoms with Gasteiger partial charge in [-0.25, -0.2) is 23.4 Å². The Labute approximate surface area is 170 Å². The molecule has 0 radical (unpaired) electrons. The van der Waals surface area contributed by atoms with Gasteiger partial charge in [-0.2, -0.15) is 0 Å². The fraction of sp³-hybridized carbons (Fsp3) is 0.368. The van der Waals surface area contributed by atoms with Gasteiger partial charge in [0, 0.05) is 24.2 Å². The van der Waals surface area contributed by atoms with Gasteiger partial charge in [0.05, 0.1) is 32.7 Å². The van der Waals surface area contributed by atoms with Crippen LogP contribution in [0.25, 0.3) is 0 Å². The summed E-state index contributed by atoms with van der Waals surface area (Å²) in [6, 6.07) is -0.175. The van der Waals surface area contributed by atoms with Crippen molar-refractivity contribution in [2.75, 3.05) is 20.8 Å². The van der Waals surface area contributed by atoms with Gasteiger partial charge in [-0.05, 0) is 18.2 Å². The fourth-order valence-corrected chi connectivity index (χ4v) is 3.35. The van der Waals surface area contributed by atoms with Crippen LogP contribution in [0.4, 0.5) is 13.6 Å². The average molecular weight is 422 g/mol. The van der Waals surface area contributed by atoms with Crippen LogP contribution in [0.1, 0.15) is 29.4 Å². The van der Waals surface area contributed by atoms with E-state index in [0.29, 0.717) is 17.8 Å². The van der Waals surface area contributed by atoms with Crippen LogP contribution >= 0.6 is 0 Å². The van der Waals surface area contributed by atoms with Gasteiger partial charge < -0.3 is 24.7 Å². The van der Waals surface area contributed by atoms with Crippen LogP contribution in [0, 0.1) is 11.6 Å². The smallest absolute Gasteiger partial charge is 0.329 e. The number of nitrogens with one attached hydrogen (secondary N) is 2. The predicted octanol–water partition coefficient (Wildman–Crippen LogP) is 1.45. The number of rotatable bonds is 5. The second-order valence-electron chi connectivity index (χ2n) is 6.58. The number of methoxy groups -OCH3 is 2. The Morgan fingerprint density at radius 2 is 2.07 bits per heavy atom. The molecule has 30 heavy (non-hydrogen) atoms. The molecule has 11 heteroatoms. The zero-order valence-corrected chi connectivity index (χ0v) is 16.3. The van der Waals surface area contributed by atoms with Crippen molar-refractivity contribution in [1.82, 2.24) is 20.2 Å². The normalized spacial score (nSPS) is 16.4. The lowest BCUT2D eigenvalue weighted by Gasteiger charge is -2.36. The highest BCUT2D eigenvalue weighted by atomic mass is 19.1. The highest BCUT2D eigenvalue weighted by Gasteiger charge is 2.37. The maximum absolute atomic E-state index is 14.6. The lowest BCUT2D eigenvalue weighted by Crippen LogP contribution is -2.52. The van der Waals surface area contributed by atoms with Gasteiger partial charge in [0.2, 0.25) is 0 Å². The third-order valence-corrected chi connectivity index (χ3v) is 4.82. The largest absolute Gasteiger partial charge is 0.469 e. The van der Waals surface area contributed by atoms with Crippen molar-refractivity contribution in [1.29, 1.82) is 0 Å². The molecule has 0 aliphatic carbocycles. The summed E-state index contributed by atoms with van der Waals surface area (Å²) >= 11 is 0. The number of carbonyl (C=O) groups is 3. The number of imidazole rings is 1. The summed E-state index contributed by atoms with van der Waals surface area (Å²) < 4.78 is 37.6. The van der Waals surface area contributed by atoms with E-state index in [1.54, 1.807) is 0 Å². The van der Waals surface area contributed by atoms with E-state index in [0.717, 1.165) is 32.4 Å². The molecule has 2 heterocycles. The first-order valence-electron chi connectivity index (χ1n) is 9.04. The Balaban J connectivity index is 1.94. The van der Waals surface area contributed by atoms with Crippen LogP contribution in [0.15, 0.2) is 24.5 Å². The summed E-state index contributed by atoms with van der Waals surface area (Å²) in [5, 5.41) is 2.42. The van der Waals surface area contributed by atoms with Gasteiger partial charge >= 0.3 is 18.0 Å². The van der Waals surface area contributed by atoms with Crippen LogP contribution in [0.2, 0.25) is 0 Å². The number of amides is 2. The SMILES string of the molecule is COC(=O)C[C@@H](NC(=O)N1CCc2[nH]cnc2C1c1cc(F)ccc1F)C(=O)OC. The molecule has 1 aromatic heterocycles. The van der Waals surface area contributed by atoms with Crippen LogP contribution in [0.3, 0.4) is 0 Å². The number of esters is 2. The lowest BCUT2D eigenvalue weighted by molar-refractivity contribution is -0.149. The zero-order chi connectivity index (χ0) is 21.8. The molecule has 0 spiro atoms. The number of aromatic amines is 1. The molecule has 1 aromatic carbocycles. The molecule has 160 valence electrons. The number of aromatic nitrogens is 2. The summed E-state index contributed by atoms with van der Waals surface area (Å²) in [7, 11) is 2.26. The van der Waals surface area contributed by atoms with Crippen LogP contribution in [0.5, 0.6) is 0 Å². The topological polar surface area (TPSA) is 114 Å². The number of ether oxygens (including phenoxy) is 2. The van der Waals surface area contributed by atoms with Crippen molar-refractivity contribution in [3.05, 3.63) is 53.1 Å². The molecule has 1 unspecified atom stereocenters. The summed E-state index contributed by atoms with van der Waals surface area (Å²) in [4.78, 5) is 44.9. The van der Waals surface area contributed by atoms with E-state index in [2.05, 4.69) is 24.8 Å². The standard InChI is InChI=1S/C19H20F2N4O5/c1-29-15(26)8-14(18(27)30-2)24-19(28)25-6-5-13-16(23-9-22-13)17(25)11-7-10(20)3-4-12(11)21/h3-4,7,9,14,17H,5-6,8H2,1-2H3,(H,22,23)(H,24,28)/t14-,17?/m1/s1. The minimum atomic E-state index is -1.31. The molecule has 2 atom stereocenters. The maximum Gasteiger partial charge on any atom is 0.329 e. The molecular weight excluding hydrogens is 402 g/mol. The summed E-state index contributed by atoms with van der Waals surface area (Å²) in [5.74, 6) is -2.96. The van der Waals surface area contributed by atoms with E-state index >= 15 is 0 Å². The molecule has 2 N–H and O–H groups in total. The van der Waals surface area contributed by atoms with Gasteiger partial charge in [0.15, 0.2) is 0 Å². The molecule has 0 saturated carbocycles. The van der Waals surface area contributed by atoms with E-state index in [9.17, 15) is 23.2 Å². The molecule has 3 rings (SSSR count). The Morgan fingerprint density at radius 1 is 1.30 bits per heavy atom. The van der Waals surface area contributed by atoms with E-state index in [4.69, 9.17) is 0 Å². The van der Waals surface area contributed by atoms with Gasteiger partial charge in [0.1, 0.15) is 23.7 Å². The molecule has 2 aromatic rings. The monoisotopic (exact) mass is 422 g/mol. The van der Waals surface area contributed by atoms with Crippen molar-refractivity contribution in [3.63, 3.8) is 0 Å². The summed E-state index contributed by atoms with van der Waals surface area (Å²) in [5.41, 5.74) is 0.969. The predicted molar refractivity (Wildman–Crippen MR) is 98.2 cm³/mol. The highest BCUT2D eigenvalue weighted by Crippen LogP contribution is 2.35. The highest BCUT2D eigenvalue weighted by molar-refractivity contribution is 5.87. The molecular formula is C19H20F2N4O5. The molecule has 2 amide bonds. The van der Waals surface area contributed by atoms with Crippen molar-refractivity contribution in [3.8, 4) is 0 Å². The number of halogens is 2. The van der Waals surface area contributed by atoms with Gasteiger partial charge in [0.25, 0.3) is 0 Å². The molecule has 9 nitrogen and oxygen atoms in total. The van der Waals surface area contributed by atoms with Crippen LogP contribution in [-0.4, -0.2) is 59.6 Å². The van der Waals surface area contributed by atoms with Crippen LogP contribution in [-0.2, 0) is 25.5 Å². The third-order valence-electron chi connectivity index (χ3n) is 4.82. The first-order valence-corrected chi connectivity index (χ1v) is 9.04. The van der Waals surface area contributed by atoms with Crippen molar-refractivity contribution >= 4 is 18.0 Å². The number of benzene rings is 1. The fourth-order valence-electron chi connectivity index (χ4n) is 3.35. The van der Waals surface area contributed by atoms with E-state index in [1.807, 2.05) is 0 Å². The van der Waals surface area contributed by atoms with E-state index < -0.39 is 48.1 Å². The maximum atomic E-state index is 14.6. The number of hydrogen-bond donors (Lipinski definition) is 2. The number of hydrogen-bond acceptors (Lipinski definition) is 6. The number of carbonyl (C=O) groups excluding carboxylic acids is 3. The Kier molecular flexibility index (Phi) is 6.28. The third kappa shape index (κ3) is 4.24. The minimum Gasteiger partial charge on any atom is -0.469 e. The number of urea groups is 1. The van der Waals surface area contributed by atoms with Gasteiger partial charge in [-0.15, -0.1) is 0 Å². The number of H-pyrrole nitrogens is 1. The number of nitrogens with zero attached hydrogens (tertiary/aromatic N) is 2. The van der Waals surface area contributed by atoms with Crippen molar-refractivity contribution < 1.29 is 32.6 Å². The summed E-state index contributed by atoms with van der Waals surface area (Å²) in [6.45, 7) is 0.133. The van der Waals surface area contributed by atoms with Crippen molar-refractivity contribution in [2.45, 2.75) is 24.9 Å². The van der Waals surface area contributed by atoms with E-state index in [1.165, 1.54) is 11.2 Å². The number of fused-ring (bicyclic) bond motifs is 1. The molecule has 1 aliphatic heterocycles. The quantitative estimate of drug-likeness (QED) is 0.705. The van der Waals surface area contributed by atoms with Crippen molar-refractivity contribution in [2.24, 2.45) is 0 Å². The summed E-state index contributed by atoms with van der Waals surface area (Å²) in [6.07, 6.45) is 1.34. The van der Waals surface area contributed by atoms with Gasteiger partial charge in [-0.1, -0.05) is 0 Å². The lowest BCUT2D eigenvalue weighted by atomic mass is 9.95. The van der Waals surface area contributed by atoms with Crippen LogP contribution < -0.4 is 5.32 Å².